The summed E-state index contributed by atoms with van der Waals surface area (Å²) in [6, 6.07) is 18.4. The molecule has 0 unspecified atom stereocenters. The molecule has 0 spiro atoms. The zero-order valence-corrected chi connectivity index (χ0v) is 14.4. The van der Waals surface area contributed by atoms with E-state index in [9.17, 15) is 9.59 Å². The normalized spacial score (nSPS) is 13.1. The van der Waals surface area contributed by atoms with Gasteiger partial charge in [0.25, 0.3) is 5.91 Å². The zero-order chi connectivity index (χ0) is 18.7. The molecule has 0 aliphatic heterocycles. The molecule has 0 aliphatic carbocycles. The van der Waals surface area contributed by atoms with Crippen LogP contribution >= 0.6 is 0 Å². The van der Waals surface area contributed by atoms with Gasteiger partial charge in [0.15, 0.2) is 0 Å². The molecule has 0 heterocycles. The minimum Gasteiger partial charge on any atom is -0.368 e. The molecule has 0 radical (unpaired) electrons. The molecule has 2 amide bonds. The Bertz CT molecular complexity index is 982. The van der Waals surface area contributed by atoms with Crippen molar-refractivity contribution in [3.8, 4) is 6.07 Å². The maximum Gasteiger partial charge on any atom is 0.253 e. The number of rotatable bonds is 5. The van der Waals surface area contributed by atoms with Crippen molar-refractivity contribution in [3.05, 3.63) is 60.2 Å². The van der Waals surface area contributed by atoms with Gasteiger partial charge in [-0.3, -0.25) is 9.59 Å². The van der Waals surface area contributed by atoms with Crippen molar-refractivity contribution in [1.29, 1.82) is 5.26 Å². The van der Waals surface area contributed by atoms with Gasteiger partial charge in [0, 0.05) is 5.92 Å². The van der Waals surface area contributed by atoms with Crippen molar-refractivity contribution in [2.24, 2.45) is 11.7 Å². The summed E-state index contributed by atoms with van der Waals surface area (Å²) in [6.45, 7) is 1.69. The third-order valence-electron chi connectivity index (χ3n) is 4.46. The molecule has 3 rings (SSSR count). The van der Waals surface area contributed by atoms with Gasteiger partial charge in [0.05, 0.1) is 11.6 Å². The van der Waals surface area contributed by atoms with Crippen molar-refractivity contribution < 1.29 is 9.59 Å². The number of nitrogens with zero attached hydrogens (tertiary/aromatic N) is 1. The van der Waals surface area contributed by atoms with E-state index in [0.29, 0.717) is 5.56 Å². The van der Waals surface area contributed by atoms with E-state index in [1.165, 1.54) is 0 Å². The second kappa shape index (κ2) is 7.24. The Balaban J connectivity index is 2.09. The fraction of sp³-hybridized carbons (Fsp3) is 0.190. The summed E-state index contributed by atoms with van der Waals surface area (Å²) in [4.78, 5) is 24.8. The lowest BCUT2D eigenvalue weighted by molar-refractivity contribution is -0.120. The number of nitriles is 1. The second-order valence-electron chi connectivity index (χ2n) is 6.39. The zero-order valence-electron chi connectivity index (χ0n) is 14.4. The van der Waals surface area contributed by atoms with Gasteiger partial charge in [-0.05, 0) is 41.0 Å². The number of nitrogens with one attached hydrogen (secondary N) is 1. The number of nitrogens with two attached hydrogens (primary N) is 1. The first-order chi connectivity index (χ1) is 12.5. The maximum atomic E-state index is 13.1. The topological polar surface area (TPSA) is 96.0 Å². The summed E-state index contributed by atoms with van der Waals surface area (Å²) in [5.41, 5.74) is 5.94. The van der Waals surface area contributed by atoms with Crippen LogP contribution in [0.25, 0.3) is 21.5 Å². The molecule has 3 N–H and O–H groups in total. The molecular formula is C21H19N3O2. The Kier molecular flexibility index (Phi) is 4.85. The minimum atomic E-state index is -0.894. The van der Waals surface area contributed by atoms with Crippen molar-refractivity contribution >= 4 is 33.4 Å². The van der Waals surface area contributed by atoms with Crippen LogP contribution in [0.4, 0.5) is 0 Å². The van der Waals surface area contributed by atoms with E-state index >= 15 is 0 Å². The molecule has 0 aliphatic rings. The molecule has 0 saturated heterocycles. The SMILES string of the molecule is C[C@H](C#N)C[C@H](NC(=O)c1c2ccccc2cc2ccccc12)C(N)=O. The van der Waals surface area contributed by atoms with Crippen LogP contribution < -0.4 is 11.1 Å². The Morgan fingerprint density at radius 1 is 1.08 bits per heavy atom. The van der Waals surface area contributed by atoms with Crippen LogP contribution in [-0.2, 0) is 4.79 Å². The lowest BCUT2D eigenvalue weighted by Gasteiger charge is -2.18. The van der Waals surface area contributed by atoms with Crippen molar-refractivity contribution in [2.45, 2.75) is 19.4 Å². The lowest BCUT2D eigenvalue weighted by atomic mass is 9.95. The molecule has 3 aromatic rings. The summed E-state index contributed by atoms with van der Waals surface area (Å²) in [5.74, 6) is -1.41. The average Bonchev–Trinajstić information content (AvgIpc) is 2.65. The van der Waals surface area contributed by atoms with Gasteiger partial charge in [-0.15, -0.1) is 0 Å². The summed E-state index contributed by atoms with van der Waals surface area (Å²) in [5, 5.41) is 15.2. The van der Waals surface area contributed by atoms with E-state index in [0.717, 1.165) is 21.5 Å². The smallest absolute Gasteiger partial charge is 0.253 e. The monoisotopic (exact) mass is 345 g/mol. The van der Waals surface area contributed by atoms with Gasteiger partial charge >= 0.3 is 0 Å². The average molecular weight is 345 g/mol. The fourth-order valence-corrected chi connectivity index (χ4v) is 3.14. The van der Waals surface area contributed by atoms with E-state index in [1.54, 1.807) is 6.92 Å². The van der Waals surface area contributed by atoms with Gasteiger partial charge < -0.3 is 11.1 Å². The molecular weight excluding hydrogens is 326 g/mol. The number of amides is 2. The number of fused-ring (bicyclic) bond motifs is 2. The Hall–Kier alpha value is -3.39. The number of benzene rings is 3. The standard InChI is InChI=1S/C21H19N3O2/c1-13(12-22)10-18(20(23)25)24-21(26)19-16-8-4-2-6-14(16)11-15-7-3-5-9-17(15)19/h2-9,11,13,18H,10H2,1H3,(H2,23,25)(H,24,26)/t13-,18-/m0/s1. The molecule has 0 fully saturated rings. The number of hydrogen-bond acceptors (Lipinski definition) is 3. The van der Waals surface area contributed by atoms with Gasteiger partial charge in [-0.1, -0.05) is 48.5 Å². The molecule has 5 nitrogen and oxygen atoms in total. The lowest BCUT2D eigenvalue weighted by Crippen LogP contribution is -2.45. The highest BCUT2D eigenvalue weighted by molar-refractivity contribution is 6.18. The van der Waals surface area contributed by atoms with E-state index in [2.05, 4.69) is 11.4 Å². The van der Waals surface area contributed by atoms with Crippen LogP contribution in [-0.4, -0.2) is 17.9 Å². The third-order valence-corrected chi connectivity index (χ3v) is 4.46. The summed E-state index contributed by atoms with van der Waals surface area (Å²) in [6.07, 6.45) is 0.181. The van der Waals surface area contributed by atoms with E-state index in [1.807, 2.05) is 54.6 Å². The second-order valence-corrected chi connectivity index (χ2v) is 6.39. The predicted octanol–water partition coefficient (Wildman–Crippen LogP) is 3.13. The number of carbonyl (C=O) groups is 2. The summed E-state index contributed by atoms with van der Waals surface area (Å²) >= 11 is 0. The third kappa shape index (κ3) is 3.35. The van der Waals surface area contributed by atoms with Crippen LogP contribution in [0.1, 0.15) is 23.7 Å². The van der Waals surface area contributed by atoms with Crippen molar-refractivity contribution in [1.82, 2.24) is 5.32 Å². The molecule has 0 aromatic heterocycles. The molecule has 130 valence electrons. The number of hydrogen-bond donors (Lipinski definition) is 2. The maximum absolute atomic E-state index is 13.1. The highest BCUT2D eigenvalue weighted by Crippen LogP contribution is 2.28. The first-order valence-electron chi connectivity index (χ1n) is 8.41. The Morgan fingerprint density at radius 3 is 2.12 bits per heavy atom. The number of primary amides is 1. The van der Waals surface area contributed by atoms with Gasteiger partial charge in [-0.2, -0.15) is 5.26 Å². The van der Waals surface area contributed by atoms with Crippen LogP contribution in [0.2, 0.25) is 0 Å². The summed E-state index contributed by atoms with van der Waals surface area (Å²) in [7, 11) is 0. The molecule has 0 saturated carbocycles. The molecule has 0 bridgehead atoms. The first kappa shape index (κ1) is 17.4. The number of carbonyl (C=O) groups excluding carboxylic acids is 2. The van der Waals surface area contributed by atoms with Gasteiger partial charge in [0.2, 0.25) is 5.91 Å². The van der Waals surface area contributed by atoms with E-state index in [4.69, 9.17) is 11.0 Å². The van der Waals surface area contributed by atoms with Gasteiger partial charge in [0.1, 0.15) is 6.04 Å². The fourth-order valence-electron chi connectivity index (χ4n) is 3.14. The largest absolute Gasteiger partial charge is 0.368 e. The molecule has 3 aromatic carbocycles. The predicted molar refractivity (Wildman–Crippen MR) is 101 cm³/mol. The molecule has 2 atom stereocenters. The van der Waals surface area contributed by atoms with Crippen molar-refractivity contribution in [2.75, 3.05) is 0 Å². The van der Waals surface area contributed by atoms with Crippen LogP contribution in [0.3, 0.4) is 0 Å². The molecule has 26 heavy (non-hydrogen) atoms. The first-order valence-corrected chi connectivity index (χ1v) is 8.41. The van der Waals surface area contributed by atoms with E-state index in [-0.39, 0.29) is 12.3 Å². The highest BCUT2D eigenvalue weighted by Gasteiger charge is 2.23. The van der Waals surface area contributed by atoms with Crippen LogP contribution in [0.15, 0.2) is 54.6 Å². The van der Waals surface area contributed by atoms with E-state index < -0.39 is 17.9 Å². The Labute approximate surface area is 151 Å². The minimum absolute atomic E-state index is 0.181. The van der Waals surface area contributed by atoms with Crippen LogP contribution in [0.5, 0.6) is 0 Å². The highest BCUT2D eigenvalue weighted by atomic mass is 16.2. The van der Waals surface area contributed by atoms with Crippen LogP contribution in [0, 0.1) is 17.2 Å². The summed E-state index contributed by atoms with van der Waals surface area (Å²) < 4.78 is 0. The van der Waals surface area contributed by atoms with Crippen molar-refractivity contribution in [3.63, 3.8) is 0 Å². The molecule has 5 heteroatoms. The quantitative estimate of drug-likeness (QED) is 0.695. The van der Waals surface area contributed by atoms with Gasteiger partial charge in [-0.25, -0.2) is 0 Å². The Morgan fingerprint density at radius 2 is 1.62 bits per heavy atom.